The molecule has 0 aliphatic carbocycles. The molecule has 2 heterocycles. The summed E-state index contributed by atoms with van der Waals surface area (Å²) in [6.45, 7) is 5.21. The lowest BCUT2D eigenvalue weighted by molar-refractivity contribution is -0.122. The highest BCUT2D eigenvalue weighted by Gasteiger charge is 2.17. The van der Waals surface area contributed by atoms with Crippen LogP contribution in [-0.2, 0) is 22.6 Å². The Kier molecular flexibility index (Phi) is 5.08. The van der Waals surface area contributed by atoms with Gasteiger partial charge in [-0.3, -0.25) is 4.79 Å². The Labute approximate surface area is 145 Å². The number of aromatic nitrogens is 5. The Morgan fingerprint density at radius 2 is 2.16 bits per heavy atom. The second-order valence-electron chi connectivity index (χ2n) is 5.90. The SMILES string of the molecule is COCCn1cnnc1[C@@H](C)NC(=O)Cn1c(C)nc2ccccc21. The molecule has 0 aliphatic rings. The number of carbonyl (C=O) groups excluding carboxylic acids is 1. The van der Waals surface area contributed by atoms with E-state index in [0.29, 0.717) is 19.0 Å². The van der Waals surface area contributed by atoms with Gasteiger partial charge in [0.05, 0.1) is 23.7 Å². The topological polar surface area (TPSA) is 86.9 Å². The molecule has 25 heavy (non-hydrogen) atoms. The van der Waals surface area contributed by atoms with Crippen LogP contribution < -0.4 is 5.32 Å². The summed E-state index contributed by atoms with van der Waals surface area (Å²) in [5.41, 5.74) is 1.84. The molecule has 2 aromatic heterocycles. The second kappa shape index (κ2) is 7.43. The Balaban J connectivity index is 1.70. The molecule has 0 saturated carbocycles. The molecule has 0 aliphatic heterocycles. The number of fused-ring (bicyclic) bond motifs is 1. The molecule has 1 aromatic carbocycles. The lowest BCUT2D eigenvalue weighted by Crippen LogP contribution is -2.32. The first kappa shape index (κ1) is 17.1. The molecule has 1 N–H and O–H groups in total. The van der Waals surface area contributed by atoms with Crippen LogP contribution in [0.5, 0.6) is 0 Å². The zero-order valence-corrected chi connectivity index (χ0v) is 14.6. The van der Waals surface area contributed by atoms with E-state index in [2.05, 4.69) is 20.5 Å². The largest absolute Gasteiger partial charge is 0.383 e. The van der Waals surface area contributed by atoms with Crippen molar-refractivity contribution in [3.63, 3.8) is 0 Å². The highest BCUT2D eigenvalue weighted by Crippen LogP contribution is 2.15. The van der Waals surface area contributed by atoms with Gasteiger partial charge in [0.2, 0.25) is 5.91 Å². The number of methoxy groups -OCH3 is 1. The summed E-state index contributed by atoms with van der Waals surface area (Å²) in [6.07, 6.45) is 1.64. The number of rotatable bonds is 7. The predicted molar refractivity (Wildman–Crippen MR) is 92.9 cm³/mol. The van der Waals surface area contributed by atoms with Gasteiger partial charge >= 0.3 is 0 Å². The van der Waals surface area contributed by atoms with Crippen LogP contribution in [0.1, 0.15) is 24.6 Å². The highest BCUT2D eigenvalue weighted by atomic mass is 16.5. The van der Waals surface area contributed by atoms with Crippen molar-refractivity contribution in [2.75, 3.05) is 13.7 Å². The summed E-state index contributed by atoms with van der Waals surface area (Å²) in [7, 11) is 1.65. The van der Waals surface area contributed by atoms with E-state index in [0.717, 1.165) is 16.9 Å². The molecule has 0 radical (unpaired) electrons. The fraction of sp³-hybridized carbons (Fsp3) is 0.412. The van der Waals surface area contributed by atoms with Crippen LogP contribution in [0.25, 0.3) is 11.0 Å². The van der Waals surface area contributed by atoms with Crippen molar-refractivity contribution in [3.05, 3.63) is 42.2 Å². The molecule has 0 saturated heterocycles. The number of imidazole rings is 1. The van der Waals surface area contributed by atoms with Crippen molar-refractivity contribution in [2.24, 2.45) is 0 Å². The van der Waals surface area contributed by atoms with Crippen LogP contribution in [0.2, 0.25) is 0 Å². The van der Waals surface area contributed by atoms with Gasteiger partial charge in [-0.05, 0) is 26.0 Å². The quantitative estimate of drug-likeness (QED) is 0.702. The maximum absolute atomic E-state index is 12.5. The molecule has 132 valence electrons. The first-order valence-electron chi connectivity index (χ1n) is 8.18. The van der Waals surface area contributed by atoms with Crippen LogP contribution in [0.15, 0.2) is 30.6 Å². The van der Waals surface area contributed by atoms with E-state index in [9.17, 15) is 4.79 Å². The number of nitrogens with one attached hydrogen (secondary N) is 1. The molecule has 0 spiro atoms. The number of hydrogen-bond donors (Lipinski definition) is 1. The minimum Gasteiger partial charge on any atom is -0.383 e. The van der Waals surface area contributed by atoms with E-state index >= 15 is 0 Å². The first-order valence-corrected chi connectivity index (χ1v) is 8.18. The molecule has 0 fully saturated rings. The average molecular weight is 342 g/mol. The molecule has 3 rings (SSSR count). The number of ether oxygens (including phenoxy) is 1. The maximum Gasteiger partial charge on any atom is 0.240 e. The summed E-state index contributed by atoms with van der Waals surface area (Å²) in [5.74, 6) is 1.42. The molecular formula is C17H22N6O2. The molecule has 8 nitrogen and oxygen atoms in total. The van der Waals surface area contributed by atoms with Gasteiger partial charge < -0.3 is 19.2 Å². The zero-order valence-electron chi connectivity index (χ0n) is 14.6. The van der Waals surface area contributed by atoms with Gasteiger partial charge in [-0.15, -0.1) is 10.2 Å². The van der Waals surface area contributed by atoms with E-state index in [1.165, 1.54) is 0 Å². The molecular weight excluding hydrogens is 320 g/mol. The van der Waals surface area contributed by atoms with Crippen molar-refractivity contribution < 1.29 is 9.53 Å². The number of nitrogens with zero attached hydrogens (tertiary/aromatic N) is 5. The number of carbonyl (C=O) groups is 1. The standard InChI is InChI=1S/C17H22N6O2/c1-12(17-21-18-11-22(17)8-9-25-3)19-16(24)10-23-13(2)20-14-6-4-5-7-15(14)23/h4-7,11-12H,8-10H2,1-3H3,(H,19,24)/t12-/m1/s1. The van der Waals surface area contributed by atoms with E-state index in [1.807, 2.05) is 47.2 Å². The number of para-hydroxylation sites is 2. The monoisotopic (exact) mass is 342 g/mol. The van der Waals surface area contributed by atoms with Gasteiger partial charge in [0.15, 0.2) is 5.82 Å². The maximum atomic E-state index is 12.5. The smallest absolute Gasteiger partial charge is 0.240 e. The van der Waals surface area contributed by atoms with Crippen LogP contribution in [0.4, 0.5) is 0 Å². The normalized spacial score (nSPS) is 12.4. The van der Waals surface area contributed by atoms with Crippen molar-refractivity contribution in [2.45, 2.75) is 33.0 Å². The summed E-state index contributed by atoms with van der Waals surface area (Å²) < 4.78 is 8.87. The Morgan fingerprint density at radius 1 is 1.36 bits per heavy atom. The predicted octanol–water partition coefficient (Wildman–Crippen LogP) is 1.46. The van der Waals surface area contributed by atoms with E-state index < -0.39 is 0 Å². The van der Waals surface area contributed by atoms with Gasteiger partial charge in [-0.25, -0.2) is 4.98 Å². The van der Waals surface area contributed by atoms with E-state index in [4.69, 9.17) is 4.74 Å². The van der Waals surface area contributed by atoms with Gasteiger partial charge in [0.25, 0.3) is 0 Å². The number of benzene rings is 1. The molecule has 1 atom stereocenters. The molecule has 0 bridgehead atoms. The second-order valence-corrected chi connectivity index (χ2v) is 5.90. The van der Waals surface area contributed by atoms with Crippen LogP contribution in [0.3, 0.4) is 0 Å². The first-order chi connectivity index (χ1) is 12.1. The van der Waals surface area contributed by atoms with Gasteiger partial charge in [-0.1, -0.05) is 12.1 Å². The third kappa shape index (κ3) is 3.69. The van der Waals surface area contributed by atoms with Crippen LogP contribution in [-0.4, -0.2) is 43.9 Å². The molecule has 1 amide bonds. The number of amides is 1. The third-order valence-electron chi connectivity index (χ3n) is 4.09. The summed E-state index contributed by atoms with van der Waals surface area (Å²) in [5, 5.41) is 11.0. The third-order valence-corrected chi connectivity index (χ3v) is 4.09. The number of hydrogen-bond acceptors (Lipinski definition) is 5. The van der Waals surface area contributed by atoms with Crippen LogP contribution in [0, 0.1) is 6.92 Å². The lowest BCUT2D eigenvalue weighted by atomic mass is 10.3. The Morgan fingerprint density at radius 3 is 2.96 bits per heavy atom. The summed E-state index contributed by atoms with van der Waals surface area (Å²) in [4.78, 5) is 17.0. The van der Waals surface area contributed by atoms with E-state index in [1.54, 1.807) is 13.4 Å². The highest BCUT2D eigenvalue weighted by molar-refractivity contribution is 5.81. The van der Waals surface area contributed by atoms with Gasteiger partial charge in [-0.2, -0.15) is 0 Å². The fourth-order valence-electron chi connectivity index (χ4n) is 2.85. The van der Waals surface area contributed by atoms with E-state index in [-0.39, 0.29) is 18.5 Å². The summed E-state index contributed by atoms with van der Waals surface area (Å²) in [6, 6.07) is 7.54. The minimum atomic E-state index is -0.248. The van der Waals surface area contributed by atoms with Crippen molar-refractivity contribution in [1.29, 1.82) is 0 Å². The Hall–Kier alpha value is -2.74. The van der Waals surface area contributed by atoms with Crippen LogP contribution >= 0.6 is 0 Å². The minimum absolute atomic E-state index is 0.0972. The molecule has 0 unspecified atom stereocenters. The molecule has 8 heteroatoms. The average Bonchev–Trinajstić information content (AvgIpc) is 3.18. The number of aryl methyl sites for hydroxylation is 1. The Bertz CT molecular complexity index is 869. The summed E-state index contributed by atoms with van der Waals surface area (Å²) >= 11 is 0. The van der Waals surface area contributed by atoms with Crippen molar-refractivity contribution >= 4 is 16.9 Å². The van der Waals surface area contributed by atoms with Gasteiger partial charge in [0.1, 0.15) is 18.7 Å². The van der Waals surface area contributed by atoms with Gasteiger partial charge in [0, 0.05) is 13.7 Å². The lowest BCUT2D eigenvalue weighted by Gasteiger charge is -2.15. The van der Waals surface area contributed by atoms with Crippen molar-refractivity contribution in [3.8, 4) is 0 Å². The molecule has 3 aromatic rings. The van der Waals surface area contributed by atoms with Crippen molar-refractivity contribution in [1.82, 2.24) is 29.6 Å². The fourth-order valence-corrected chi connectivity index (χ4v) is 2.85. The zero-order chi connectivity index (χ0) is 17.8.